The van der Waals surface area contributed by atoms with Gasteiger partial charge in [0.25, 0.3) is 0 Å². The Morgan fingerprint density at radius 3 is 2.69 bits per heavy atom. The van der Waals surface area contributed by atoms with E-state index in [1.807, 2.05) is 0 Å². The first-order valence-electron chi connectivity index (χ1n) is 5.08. The Bertz CT molecular complexity index is 260. The second-order valence-corrected chi connectivity index (χ2v) is 4.41. The summed E-state index contributed by atoms with van der Waals surface area (Å²) in [6, 6.07) is 0. The van der Waals surface area contributed by atoms with Gasteiger partial charge in [0.1, 0.15) is 0 Å². The van der Waals surface area contributed by atoms with Crippen LogP contribution >= 0.6 is 0 Å². The summed E-state index contributed by atoms with van der Waals surface area (Å²) in [4.78, 5) is 0. The largest absolute Gasteiger partial charge is 0.347 e. The van der Waals surface area contributed by atoms with Crippen molar-refractivity contribution in [3.05, 3.63) is 0 Å². The van der Waals surface area contributed by atoms with Crippen LogP contribution in [0.4, 0.5) is 0 Å². The smallest absolute Gasteiger partial charge is 0.171 e. The minimum Gasteiger partial charge on any atom is -0.347 e. The third kappa shape index (κ3) is 0.920. The van der Waals surface area contributed by atoms with Gasteiger partial charge in [0.05, 0.1) is 13.2 Å². The first kappa shape index (κ1) is 7.84. The van der Waals surface area contributed by atoms with Crippen molar-refractivity contribution in [1.82, 2.24) is 0 Å². The lowest BCUT2D eigenvalue weighted by atomic mass is 9.70. The fourth-order valence-corrected chi connectivity index (χ4v) is 3.18. The monoisotopic (exact) mass is 178 g/mol. The Balaban J connectivity index is 1.76. The Labute approximate surface area is 78.6 Å². The van der Waals surface area contributed by atoms with Crippen LogP contribution in [0.3, 0.4) is 0 Å². The van der Waals surface area contributed by atoms with E-state index in [0.717, 1.165) is 32.0 Å². The molecule has 3 fully saturated rings. The van der Waals surface area contributed by atoms with Crippen molar-refractivity contribution in [3.8, 4) is 12.3 Å². The van der Waals surface area contributed by atoms with Crippen LogP contribution < -0.4 is 0 Å². The molecule has 2 nitrogen and oxygen atoms in total. The third-order valence-corrected chi connectivity index (χ3v) is 3.82. The van der Waals surface area contributed by atoms with E-state index in [2.05, 4.69) is 5.92 Å². The predicted molar refractivity (Wildman–Crippen MR) is 47.8 cm³/mol. The second-order valence-electron chi connectivity index (χ2n) is 4.41. The van der Waals surface area contributed by atoms with Crippen LogP contribution in [0.2, 0.25) is 0 Å². The molecule has 0 aromatic heterocycles. The molecule has 0 aromatic rings. The van der Waals surface area contributed by atoms with Gasteiger partial charge in [-0.2, -0.15) is 0 Å². The zero-order valence-corrected chi connectivity index (χ0v) is 7.66. The van der Waals surface area contributed by atoms with E-state index in [1.165, 1.54) is 6.42 Å². The molecule has 1 aliphatic heterocycles. The maximum atomic E-state index is 5.69. The molecule has 2 heteroatoms. The quantitative estimate of drug-likeness (QED) is 0.522. The van der Waals surface area contributed by atoms with Gasteiger partial charge in [-0.25, -0.2) is 0 Å². The molecule has 0 unspecified atom stereocenters. The zero-order valence-electron chi connectivity index (χ0n) is 7.66. The molecule has 13 heavy (non-hydrogen) atoms. The molecule has 3 aliphatic rings. The van der Waals surface area contributed by atoms with Crippen molar-refractivity contribution in [1.29, 1.82) is 0 Å². The molecule has 2 saturated carbocycles. The van der Waals surface area contributed by atoms with Gasteiger partial charge in [0, 0.05) is 18.3 Å². The highest BCUT2D eigenvalue weighted by atomic mass is 16.7. The fourth-order valence-electron chi connectivity index (χ4n) is 3.18. The first-order chi connectivity index (χ1) is 6.34. The topological polar surface area (TPSA) is 18.5 Å². The minimum atomic E-state index is -0.198. The standard InChI is InChI=1S/C11H14O2/c1-2-8-5-9-7-11(10(9)6-8)12-3-4-13-11/h1,8-10H,3-7H2/t8-,9-,10-/m1/s1. The maximum absolute atomic E-state index is 5.69. The number of terminal acetylenes is 1. The summed E-state index contributed by atoms with van der Waals surface area (Å²) in [7, 11) is 0. The maximum Gasteiger partial charge on any atom is 0.171 e. The number of hydrogen-bond donors (Lipinski definition) is 0. The summed E-state index contributed by atoms with van der Waals surface area (Å²) >= 11 is 0. The van der Waals surface area contributed by atoms with Crippen LogP contribution in [0.15, 0.2) is 0 Å². The second kappa shape index (κ2) is 2.50. The Kier molecular flexibility index (Phi) is 1.51. The van der Waals surface area contributed by atoms with Crippen molar-refractivity contribution in [2.75, 3.05) is 13.2 Å². The lowest BCUT2D eigenvalue weighted by molar-refractivity contribution is -0.267. The summed E-state index contributed by atoms with van der Waals surface area (Å²) in [6.07, 6.45) is 8.82. The van der Waals surface area contributed by atoms with Gasteiger partial charge in [-0.1, -0.05) is 0 Å². The molecule has 0 N–H and O–H groups in total. The highest BCUT2D eigenvalue weighted by Gasteiger charge is 2.61. The van der Waals surface area contributed by atoms with E-state index in [4.69, 9.17) is 15.9 Å². The van der Waals surface area contributed by atoms with Gasteiger partial charge >= 0.3 is 0 Å². The summed E-state index contributed by atoms with van der Waals surface area (Å²) in [5.41, 5.74) is 0. The fraction of sp³-hybridized carbons (Fsp3) is 0.818. The van der Waals surface area contributed by atoms with E-state index in [-0.39, 0.29) is 5.79 Å². The van der Waals surface area contributed by atoms with E-state index in [9.17, 15) is 0 Å². The molecule has 1 spiro atoms. The first-order valence-corrected chi connectivity index (χ1v) is 5.08. The van der Waals surface area contributed by atoms with Crippen molar-refractivity contribution in [2.45, 2.75) is 25.0 Å². The average Bonchev–Trinajstić information content (AvgIpc) is 2.69. The van der Waals surface area contributed by atoms with Crippen LogP contribution in [-0.4, -0.2) is 19.0 Å². The Morgan fingerprint density at radius 1 is 1.23 bits per heavy atom. The molecule has 3 rings (SSSR count). The summed E-state index contributed by atoms with van der Waals surface area (Å²) in [5, 5.41) is 0. The van der Waals surface area contributed by atoms with E-state index >= 15 is 0 Å². The third-order valence-electron chi connectivity index (χ3n) is 3.82. The van der Waals surface area contributed by atoms with E-state index < -0.39 is 0 Å². The molecule has 70 valence electrons. The molecule has 3 atom stereocenters. The van der Waals surface area contributed by atoms with E-state index in [1.54, 1.807) is 0 Å². The van der Waals surface area contributed by atoms with Gasteiger partial charge in [0.2, 0.25) is 0 Å². The molecular weight excluding hydrogens is 164 g/mol. The average molecular weight is 178 g/mol. The molecule has 1 saturated heterocycles. The van der Waals surface area contributed by atoms with Gasteiger partial charge in [-0.05, 0) is 18.8 Å². The van der Waals surface area contributed by atoms with Crippen molar-refractivity contribution in [2.24, 2.45) is 17.8 Å². The van der Waals surface area contributed by atoms with Crippen LogP contribution in [-0.2, 0) is 9.47 Å². The van der Waals surface area contributed by atoms with Gasteiger partial charge < -0.3 is 9.47 Å². The molecule has 0 amide bonds. The van der Waals surface area contributed by atoms with Crippen molar-refractivity contribution in [3.63, 3.8) is 0 Å². The normalized spacial score (nSPS) is 45.6. The summed E-state index contributed by atoms with van der Waals surface area (Å²) in [5.74, 6) is 4.51. The minimum absolute atomic E-state index is 0.198. The van der Waals surface area contributed by atoms with Gasteiger partial charge in [0.15, 0.2) is 5.79 Å². The molecule has 1 heterocycles. The number of rotatable bonds is 0. The van der Waals surface area contributed by atoms with Crippen LogP contribution in [0.5, 0.6) is 0 Å². The molecule has 2 aliphatic carbocycles. The molecule has 0 bridgehead atoms. The number of fused-ring (bicyclic) bond motifs is 2. The van der Waals surface area contributed by atoms with Crippen LogP contribution in [0, 0.1) is 30.1 Å². The SMILES string of the molecule is C#C[C@@H]1C[C@@H]2CC3(OCCO3)[C@@H]2C1. The highest BCUT2D eigenvalue weighted by molar-refractivity contribution is 5.10. The van der Waals surface area contributed by atoms with Gasteiger partial charge in [-0.15, -0.1) is 12.3 Å². The molecule has 0 aromatic carbocycles. The Hall–Kier alpha value is -0.520. The highest BCUT2D eigenvalue weighted by Crippen LogP contribution is 2.58. The lowest BCUT2D eigenvalue weighted by Gasteiger charge is -2.47. The summed E-state index contributed by atoms with van der Waals surface area (Å²) < 4.78 is 11.4. The lowest BCUT2D eigenvalue weighted by Crippen LogP contribution is -2.52. The van der Waals surface area contributed by atoms with Crippen molar-refractivity contribution >= 4 is 0 Å². The van der Waals surface area contributed by atoms with Crippen LogP contribution in [0.25, 0.3) is 0 Å². The van der Waals surface area contributed by atoms with Gasteiger partial charge in [-0.3, -0.25) is 0 Å². The number of hydrogen-bond acceptors (Lipinski definition) is 2. The summed E-state index contributed by atoms with van der Waals surface area (Å²) in [6.45, 7) is 1.54. The van der Waals surface area contributed by atoms with E-state index in [0.29, 0.717) is 11.8 Å². The molecular formula is C11H14O2. The molecule has 0 radical (unpaired) electrons. The van der Waals surface area contributed by atoms with Crippen LogP contribution in [0.1, 0.15) is 19.3 Å². The zero-order chi connectivity index (χ0) is 8.89. The number of ether oxygens (including phenoxy) is 2. The Morgan fingerprint density at radius 2 is 2.00 bits per heavy atom. The predicted octanol–water partition coefficient (Wildman–Crippen LogP) is 1.41. The van der Waals surface area contributed by atoms with Crippen molar-refractivity contribution < 1.29 is 9.47 Å².